The van der Waals surface area contributed by atoms with E-state index in [2.05, 4.69) is 21.0 Å². The second-order valence-electron chi connectivity index (χ2n) is 13.7. The average molecular weight is 747 g/mol. The first-order valence-electron chi connectivity index (χ1n) is 16.8. The van der Waals surface area contributed by atoms with Crippen molar-refractivity contribution < 1.29 is 23.0 Å². The van der Waals surface area contributed by atoms with E-state index in [4.69, 9.17) is 21.1 Å². The molecule has 0 aliphatic carbocycles. The third kappa shape index (κ3) is 7.99. The van der Waals surface area contributed by atoms with Crippen molar-refractivity contribution in [3.63, 3.8) is 0 Å². The maximum absolute atomic E-state index is 13.9. The van der Waals surface area contributed by atoms with E-state index in [0.29, 0.717) is 56.7 Å². The molecule has 0 saturated carbocycles. The van der Waals surface area contributed by atoms with E-state index < -0.39 is 23.1 Å². The van der Waals surface area contributed by atoms with Crippen LogP contribution < -0.4 is 10.3 Å². The Hall–Kier alpha value is -4.77. The van der Waals surface area contributed by atoms with Gasteiger partial charge in [-0.05, 0) is 65.0 Å². The maximum atomic E-state index is 13.9. The molecule has 270 valence electrons. The molecule has 6 rings (SSSR count). The number of benzene rings is 1. The molecule has 52 heavy (non-hydrogen) atoms. The molecule has 14 heteroatoms. The number of hydrogen-bond acceptors (Lipinski definition) is 10. The van der Waals surface area contributed by atoms with Crippen molar-refractivity contribution in [3.8, 4) is 22.9 Å². The molecule has 1 aliphatic heterocycles. The van der Waals surface area contributed by atoms with Gasteiger partial charge in [-0.3, -0.25) is 24.2 Å². The van der Waals surface area contributed by atoms with Gasteiger partial charge in [-0.2, -0.15) is 5.26 Å². The smallest absolute Gasteiger partial charge is 0.341 e. The van der Waals surface area contributed by atoms with Gasteiger partial charge in [0.25, 0.3) is 11.5 Å². The van der Waals surface area contributed by atoms with Gasteiger partial charge >= 0.3 is 5.97 Å². The van der Waals surface area contributed by atoms with Crippen LogP contribution >= 0.6 is 22.9 Å². The number of likely N-dealkylation sites (tertiary alicyclic amines) is 1. The van der Waals surface area contributed by atoms with Crippen LogP contribution in [0.1, 0.15) is 66.7 Å². The normalized spacial score (nSPS) is 15.0. The number of carbonyl (C=O) groups excluding carboxylic acids is 1. The number of esters is 1. The number of aryl methyl sites for hydroxylation is 2. The Kier molecular flexibility index (Phi) is 10.5. The molecule has 0 radical (unpaired) electrons. The van der Waals surface area contributed by atoms with E-state index in [1.165, 1.54) is 22.1 Å². The summed E-state index contributed by atoms with van der Waals surface area (Å²) in [7, 11) is 0. The quantitative estimate of drug-likeness (QED) is 0.138. The molecule has 1 aromatic carbocycles. The maximum Gasteiger partial charge on any atom is 0.341 e. The lowest BCUT2D eigenvalue weighted by molar-refractivity contribution is -0.0530. The van der Waals surface area contributed by atoms with E-state index in [1.807, 2.05) is 38.7 Å². The number of nitriles is 1. The third-order valence-corrected chi connectivity index (χ3v) is 9.87. The first kappa shape index (κ1) is 37.0. The Morgan fingerprint density at radius 2 is 1.90 bits per heavy atom. The number of fused-ring (bicyclic) bond motifs is 2. The van der Waals surface area contributed by atoms with E-state index in [0.717, 1.165) is 10.3 Å². The summed E-state index contributed by atoms with van der Waals surface area (Å²) in [5, 5.41) is 12.5. The highest BCUT2D eigenvalue weighted by atomic mass is 35.5. The zero-order valence-corrected chi connectivity index (χ0v) is 31.0. The molecule has 5 aromatic rings. The van der Waals surface area contributed by atoms with Gasteiger partial charge in [0.15, 0.2) is 0 Å². The first-order valence-corrected chi connectivity index (χ1v) is 18.0. The number of aromatic nitrogens is 4. The number of alkyl halides is 2. The van der Waals surface area contributed by atoms with Gasteiger partial charge in [-0.25, -0.2) is 18.6 Å². The summed E-state index contributed by atoms with van der Waals surface area (Å²) in [6.45, 7) is 10.2. The Labute approximate surface area is 308 Å². The predicted octanol–water partition coefficient (Wildman–Crippen LogP) is 7.99. The minimum absolute atomic E-state index is 0.0813. The fraction of sp³-hybridized carbons (Fsp3) is 0.368. The fourth-order valence-electron chi connectivity index (χ4n) is 6.11. The van der Waals surface area contributed by atoms with Crippen molar-refractivity contribution in [2.45, 2.75) is 65.5 Å². The number of carbonyl (C=O) groups is 1. The number of thiophene rings is 1. The van der Waals surface area contributed by atoms with Crippen molar-refractivity contribution >= 4 is 56.1 Å². The van der Waals surface area contributed by atoms with Gasteiger partial charge < -0.3 is 9.47 Å². The Bertz CT molecular complexity index is 2320. The summed E-state index contributed by atoms with van der Waals surface area (Å²) in [5.41, 5.74) is 2.67. The van der Waals surface area contributed by atoms with Gasteiger partial charge in [-0.1, -0.05) is 17.7 Å². The highest BCUT2D eigenvalue weighted by molar-refractivity contribution is 7.18. The minimum atomic E-state index is -2.63. The Balaban J connectivity index is 1.26. The molecule has 0 bridgehead atoms. The molecular formula is C38H37ClF2N6O4S. The second kappa shape index (κ2) is 14.7. The lowest BCUT2D eigenvalue weighted by atomic mass is 10.0. The molecule has 10 nitrogen and oxygen atoms in total. The topological polar surface area (TPSA) is 123 Å². The van der Waals surface area contributed by atoms with Crippen LogP contribution in [0.25, 0.3) is 38.3 Å². The molecule has 4 aromatic heterocycles. The zero-order valence-electron chi connectivity index (χ0n) is 29.4. The third-order valence-electron chi connectivity index (χ3n) is 8.63. The number of pyridine rings is 2. The van der Waals surface area contributed by atoms with Gasteiger partial charge in [-0.15, -0.1) is 11.3 Å². The lowest BCUT2D eigenvalue weighted by Gasteiger charge is -2.30. The first-order chi connectivity index (χ1) is 24.6. The van der Waals surface area contributed by atoms with Gasteiger partial charge in [0, 0.05) is 59.7 Å². The molecule has 0 unspecified atom stereocenters. The molecule has 1 fully saturated rings. The van der Waals surface area contributed by atoms with E-state index in [1.54, 1.807) is 42.7 Å². The molecule has 0 spiro atoms. The van der Waals surface area contributed by atoms with E-state index in [9.17, 15) is 23.6 Å². The van der Waals surface area contributed by atoms with E-state index >= 15 is 0 Å². The number of halogens is 3. The summed E-state index contributed by atoms with van der Waals surface area (Å²) in [4.78, 5) is 42.4. The van der Waals surface area contributed by atoms with Crippen LogP contribution in [-0.2, 0) is 11.3 Å². The molecule has 0 N–H and O–H groups in total. The van der Waals surface area contributed by atoms with Crippen LogP contribution in [0.15, 0.2) is 46.7 Å². The molecule has 1 saturated heterocycles. The summed E-state index contributed by atoms with van der Waals surface area (Å²) < 4.78 is 41.2. The molecule has 5 heterocycles. The second-order valence-corrected chi connectivity index (χ2v) is 15.0. The van der Waals surface area contributed by atoms with Crippen molar-refractivity contribution in [1.82, 2.24) is 24.4 Å². The van der Waals surface area contributed by atoms with Crippen LogP contribution in [0.4, 0.5) is 8.78 Å². The summed E-state index contributed by atoms with van der Waals surface area (Å²) in [6, 6.07) is 9.28. The lowest BCUT2D eigenvalue weighted by Crippen LogP contribution is -2.39. The summed E-state index contributed by atoms with van der Waals surface area (Å²) in [5.74, 6) is -2.16. The van der Waals surface area contributed by atoms with Crippen LogP contribution in [0, 0.1) is 25.2 Å². The largest absolute Gasteiger partial charge is 0.491 e. The highest BCUT2D eigenvalue weighted by Gasteiger charge is 2.33. The highest BCUT2D eigenvalue weighted by Crippen LogP contribution is 2.40. The standard InChI is InChI=1S/C38H37ClF2N6O4S/c1-22-17-26(34-33(44-22)28(21-52-34)36(49)51-37(3,4)5)25-18-24(39)8-9-31(25)50-16-15-47-23(2)45-30-20-43-29(27(19-42)32(30)35(47)48)7-6-12-46-13-10-38(40,41)11-14-46/h6-9,17-18,20-21H,10-16H2,1-5H3/b7-6+. The van der Waals surface area contributed by atoms with E-state index in [-0.39, 0.29) is 50.0 Å². The zero-order chi connectivity index (χ0) is 37.4. The molecule has 0 atom stereocenters. The Morgan fingerprint density at radius 3 is 2.62 bits per heavy atom. The number of rotatable bonds is 9. The van der Waals surface area contributed by atoms with Crippen molar-refractivity contribution in [3.05, 3.63) is 85.6 Å². The Morgan fingerprint density at radius 1 is 1.15 bits per heavy atom. The van der Waals surface area contributed by atoms with Crippen molar-refractivity contribution in [1.29, 1.82) is 5.26 Å². The average Bonchev–Trinajstić information content (AvgIpc) is 3.50. The van der Waals surface area contributed by atoms with Gasteiger partial charge in [0.1, 0.15) is 29.9 Å². The van der Waals surface area contributed by atoms with Crippen molar-refractivity contribution in [2.24, 2.45) is 0 Å². The number of ether oxygens (including phenoxy) is 2. The van der Waals surface area contributed by atoms with Crippen LogP contribution in [0.3, 0.4) is 0 Å². The van der Waals surface area contributed by atoms with Gasteiger partial charge in [0.05, 0.1) is 50.7 Å². The van der Waals surface area contributed by atoms with Crippen LogP contribution in [0.5, 0.6) is 5.75 Å². The fourth-order valence-corrected chi connectivity index (χ4v) is 7.29. The minimum Gasteiger partial charge on any atom is -0.491 e. The SMILES string of the molecule is Cc1cc(-c2cc(Cl)ccc2OCCn2c(C)nc3cnc(/C=C/CN4CCC(F)(F)CC4)c(C#N)c3c2=O)c2scc(C(=O)OC(C)(C)C)c2n1. The van der Waals surface area contributed by atoms with Gasteiger partial charge in [0.2, 0.25) is 0 Å². The summed E-state index contributed by atoms with van der Waals surface area (Å²) in [6.07, 6.45) is 4.49. The van der Waals surface area contributed by atoms with Crippen LogP contribution in [0.2, 0.25) is 5.02 Å². The number of nitrogens with zero attached hydrogens (tertiary/aromatic N) is 6. The molecule has 0 amide bonds. The monoisotopic (exact) mass is 746 g/mol. The predicted molar refractivity (Wildman–Crippen MR) is 198 cm³/mol. The molecule has 1 aliphatic rings. The number of piperidine rings is 1. The molecular weight excluding hydrogens is 710 g/mol. The van der Waals surface area contributed by atoms with Crippen molar-refractivity contribution in [2.75, 3.05) is 26.2 Å². The van der Waals surface area contributed by atoms with Crippen LogP contribution in [-0.4, -0.2) is 68.2 Å². The number of hydrogen-bond donors (Lipinski definition) is 0. The summed E-state index contributed by atoms with van der Waals surface area (Å²) >= 11 is 7.85.